The Bertz CT molecular complexity index is 704. The molecule has 1 N–H and O–H groups in total. The van der Waals surface area contributed by atoms with Gasteiger partial charge in [-0.25, -0.2) is 0 Å². The Morgan fingerprint density at radius 1 is 1.17 bits per heavy atom. The number of benzene rings is 2. The number of nitrogens with one attached hydrogen (secondary N) is 1. The van der Waals surface area contributed by atoms with Crippen molar-refractivity contribution in [3.8, 4) is 5.75 Å². The van der Waals surface area contributed by atoms with Crippen LogP contribution in [0.5, 0.6) is 5.75 Å². The third-order valence-corrected chi connectivity index (χ3v) is 4.19. The lowest BCUT2D eigenvalue weighted by Gasteiger charge is -2.12. The summed E-state index contributed by atoms with van der Waals surface area (Å²) in [5.41, 5.74) is 1.13. The first-order chi connectivity index (χ1) is 11.4. The Labute approximate surface area is 142 Å². The predicted octanol–water partition coefficient (Wildman–Crippen LogP) is 4.53. The van der Waals surface area contributed by atoms with Crippen molar-refractivity contribution < 1.29 is 22.7 Å². The SMILES string of the molecule is COc1cccc(CC(=O)Nc2ccccc2SCC(F)(F)F)c1. The first kappa shape index (κ1) is 18.2. The first-order valence-corrected chi connectivity index (χ1v) is 8.07. The van der Waals surface area contributed by atoms with Crippen LogP contribution in [0.25, 0.3) is 0 Å². The van der Waals surface area contributed by atoms with Crippen LogP contribution in [0, 0.1) is 0 Å². The van der Waals surface area contributed by atoms with Gasteiger partial charge in [0.05, 0.1) is 25.0 Å². The van der Waals surface area contributed by atoms with Crippen LogP contribution in [0.4, 0.5) is 18.9 Å². The number of carbonyl (C=O) groups excluding carboxylic acids is 1. The van der Waals surface area contributed by atoms with Gasteiger partial charge in [-0.2, -0.15) is 13.2 Å². The molecule has 2 aromatic carbocycles. The number of rotatable bonds is 6. The van der Waals surface area contributed by atoms with Crippen LogP contribution in [0.2, 0.25) is 0 Å². The van der Waals surface area contributed by atoms with Crippen molar-refractivity contribution in [3.63, 3.8) is 0 Å². The molecule has 0 saturated carbocycles. The third-order valence-electron chi connectivity index (χ3n) is 3.05. The molecule has 128 valence electrons. The van der Waals surface area contributed by atoms with E-state index in [1.54, 1.807) is 48.5 Å². The van der Waals surface area contributed by atoms with Gasteiger partial charge in [0.25, 0.3) is 0 Å². The molecule has 0 radical (unpaired) electrons. The lowest BCUT2D eigenvalue weighted by Crippen LogP contribution is -2.15. The molecular weight excluding hydrogens is 339 g/mol. The lowest BCUT2D eigenvalue weighted by atomic mass is 10.1. The number of hydrogen-bond donors (Lipinski definition) is 1. The fourth-order valence-electron chi connectivity index (χ4n) is 2.02. The van der Waals surface area contributed by atoms with Crippen LogP contribution in [-0.2, 0) is 11.2 Å². The lowest BCUT2D eigenvalue weighted by molar-refractivity contribution is -0.115. The summed E-state index contributed by atoms with van der Waals surface area (Å²) in [5.74, 6) is -0.666. The minimum absolute atomic E-state index is 0.107. The van der Waals surface area contributed by atoms with Gasteiger partial charge >= 0.3 is 6.18 Å². The van der Waals surface area contributed by atoms with Crippen LogP contribution in [-0.4, -0.2) is 24.9 Å². The molecule has 7 heteroatoms. The molecule has 3 nitrogen and oxygen atoms in total. The van der Waals surface area contributed by atoms with Crippen molar-refractivity contribution in [3.05, 3.63) is 54.1 Å². The Balaban J connectivity index is 2.03. The highest BCUT2D eigenvalue weighted by Gasteiger charge is 2.27. The minimum atomic E-state index is -4.26. The normalized spacial score (nSPS) is 11.2. The van der Waals surface area contributed by atoms with Gasteiger partial charge in [0, 0.05) is 4.90 Å². The summed E-state index contributed by atoms with van der Waals surface area (Å²) in [6.07, 6.45) is -4.15. The van der Waals surface area contributed by atoms with Gasteiger partial charge in [0.15, 0.2) is 0 Å². The van der Waals surface area contributed by atoms with Crippen molar-refractivity contribution in [2.75, 3.05) is 18.2 Å². The zero-order chi connectivity index (χ0) is 17.6. The van der Waals surface area contributed by atoms with Crippen molar-refractivity contribution >= 4 is 23.4 Å². The summed E-state index contributed by atoms with van der Waals surface area (Å²) in [6, 6.07) is 13.5. The molecule has 24 heavy (non-hydrogen) atoms. The fraction of sp³-hybridized carbons (Fsp3) is 0.235. The molecule has 1 amide bonds. The Kier molecular flexibility index (Phi) is 6.14. The third kappa shape index (κ3) is 5.81. The number of hydrogen-bond acceptors (Lipinski definition) is 3. The topological polar surface area (TPSA) is 38.3 Å². The largest absolute Gasteiger partial charge is 0.497 e. The summed E-state index contributed by atoms with van der Waals surface area (Å²) in [5, 5.41) is 2.66. The number of methoxy groups -OCH3 is 1. The van der Waals surface area contributed by atoms with Crippen molar-refractivity contribution in [2.45, 2.75) is 17.5 Å². The molecule has 0 fully saturated rings. The van der Waals surface area contributed by atoms with Crippen molar-refractivity contribution in [2.24, 2.45) is 0 Å². The van der Waals surface area contributed by atoms with E-state index in [4.69, 9.17) is 4.74 Å². The Morgan fingerprint density at radius 2 is 1.92 bits per heavy atom. The maximum Gasteiger partial charge on any atom is 0.398 e. The highest BCUT2D eigenvalue weighted by Crippen LogP contribution is 2.32. The zero-order valence-electron chi connectivity index (χ0n) is 12.9. The van der Waals surface area contributed by atoms with E-state index in [-0.39, 0.29) is 12.3 Å². The number of amides is 1. The van der Waals surface area contributed by atoms with Gasteiger partial charge in [-0.1, -0.05) is 24.3 Å². The molecule has 0 unspecified atom stereocenters. The molecule has 2 rings (SSSR count). The highest BCUT2D eigenvalue weighted by atomic mass is 32.2. The molecule has 0 aliphatic carbocycles. The van der Waals surface area contributed by atoms with Gasteiger partial charge in [-0.05, 0) is 29.8 Å². The van der Waals surface area contributed by atoms with Gasteiger partial charge in [0.2, 0.25) is 5.91 Å². The van der Waals surface area contributed by atoms with Crippen LogP contribution in [0.3, 0.4) is 0 Å². The van der Waals surface area contributed by atoms with Gasteiger partial charge in [-0.15, -0.1) is 11.8 Å². The van der Waals surface area contributed by atoms with Crippen molar-refractivity contribution in [1.82, 2.24) is 0 Å². The van der Waals surface area contributed by atoms with E-state index in [0.717, 1.165) is 5.56 Å². The number of para-hydroxylation sites is 1. The molecule has 0 aromatic heterocycles. The average molecular weight is 355 g/mol. The highest BCUT2D eigenvalue weighted by molar-refractivity contribution is 7.99. The molecule has 0 aliphatic rings. The fourth-order valence-corrected chi connectivity index (χ4v) is 2.79. The summed E-state index contributed by atoms with van der Waals surface area (Å²) in [4.78, 5) is 12.5. The van der Waals surface area contributed by atoms with Crippen molar-refractivity contribution in [1.29, 1.82) is 0 Å². The average Bonchev–Trinajstić information content (AvgIpc) is 2.53. The summed E-state index contributed by atoms with van der Waals surface area (Å²) < 4.78 is 42.2. The van der Waals surface area contributed by atoms with E-state index in [2.05, 4.69) is 5.32 Å². The number of carbonyl (C=O) groups is 1. The smallest absolute Gasteiger partial charge is 0.398 e. The number of thioether (sulfide) groups is 1. The summed E-state index contributed by atoms with van der Waals surface area (Å²) >= 11 is 0.649. The van der Waals surface area contributed by atoms with Gasteiger partial charge in [-0.3, -0.25) is 4.79 Å². The van der Waals surface area contributed by atoms with E-state index in [0.29, 0.717) is 28.1 Å². The predicted molar refractivity (Wildman–Crippen MR) is 88.5 cm³/mol. The number of anilines is 1. The van der Waals surface area contributed by atoms with Gasteiger partial charge in [0.1, 0.15) is 5.75 Å². The second-order valence-corrected chi connectivity index (χ2v) is 5.99. The van der Waals surface area contributed by atoms with E-state index in [9.17, 15) is 18.0 Å². The molecule has 0 saturated heterocycles. The van der Waals surface area contributed by atoms with Crippen LogP contribution in [0.1, 0.15) is 5.56 Å². The number of halogens is 3. The maximum atomic E-state index is 12.4. The van der Waals surface area contributed by atoms with E-state index in [1.807, 2.05) is 0 Å². The zero-order valence-corrected chi connectivity index (χ0v) is 13.7. The molecule has 0 aliphatic heterocycles. The number of ether oxygens (including phenoxy) is 1. The monoisotopic (exact) mass is 355 g/mol. The van der Waals surface area contributed by atoms with E-state index < -0.39 is 11.9 Å². The second kappa shape index (κ2) is 8.10. The van der Waals surface area contributed by atoms with E-state index in [1.165, 1.54) is 7.11 Å². The molecule has 2 aromatic rings. The molecular formula is C17H16F3NO2S. The second-order valence-electron chi connectivity index (χ2n) is 4.98. The molecule has 0 atom stereocenters. The Morgan fingerprint density at radius 3 is 2.62 bits per heavy atom. The summed E-state index contributed by atoms with van der Waals surface area (Å²) in [6.45, 7) is 0. The number of alkyl halides is 3. The van der Waals surface area contributed by atoms with Crippen LogP contribution >= 0.6 is 11.8 Å². The minimum Gasteiger partial charge on any atom is -0.497 e. The molecule has 0 spiro atoms. The standard InChI is InChI=1S/C17H16F3NO2S/c1-23-13-6-4-5-12(9-13)10-16(22)21-14-7-2-3-8-15(14)24-11-17(18,19)20/h2-9H,10-11H2,1H3,(H,21,22). The first-order valence-electron chi connectivity index (χ1n) is 7.09. The van der Waals surface area contributed by atoms with E-state index >= 15 is 0 Å². The Hall–Kier alpha value is -2.15. The van der Waals surface area contributed by atoms with Gasteiger partial charge < -0.3 is 10.1 Å². The summed E-state index contributed by atoms with van der Waals surface area (Å²) in [7, 11) is 1.54. The van der Waals surface area contributed by atoms with Crippen LogP contribution < -0.4 is 10.1 Å². The van der Waals surface area contributed by atoms with Crippen LogP contribution in [0.15, 0.2) is 53.4 Å². The molecule has 0 bridgehead atoms. The quantitative estimate of drug-likeness (QED) is 0.774. The maximum absolute atomic E-state index is 12.4. The molecule has 0 heterocycles.